The lowest BCUT2D eigenvalue weighted by molar-refractivity contribution is -0.384. The van der Waals surface area contributed by atoms with Crippen LogP contribution in [0.2, 0.25) is 0 Å². The maximum Gasteiger partial charge on any atom is 0.269 e. The minimum Gasteiger partial charge on any atom is -0.419 e. The van der Waals surface area contributed by atoms with Crippen molar-refractivity contribution in [3.63, 3.8) is 0 Å². The van der Waals surface area contributed by atoms with E-state index in [0.717, 1.165) is 13.1 Å². The molecule has 2 aromatic rings. The molecule has 122 valence electrons. The van der Waals surface area contributed by atoms with Crippen molar-refractivity contribution in [2.24, 2.45) is 11.8 Å². The maximum absolute atomic E-state index is 10.7. The molecular weight excluding hydrogens is 296 g/mol. The molecule has 23 heavy (non-hydrogen) atoms. The van der Waals surface area contributed by atoms with Crippen LogP contribution in [0.15, 0.2) is 28.7 Å². The minimum atomic E-state index is -0.429. The van der Waals surface area contributed by atoms with Crippen LogP contribution in [0.3, 0.4) is 0 Å². The van der Waals surface area contributed by atoms with Crippen molar-refractivity contribution in [1.82, 2.24) is 15.1 Å². The average molecular weight is 316 g/mol. The van der Waals surface area contributed by atoms with Gasteiger partial charge in [0.2, 0.25) is 11.8 Å². The third-order valence-corrected chi connectivity index (χ3v) is 4.10. The van der Waals surface area contributed by atoms with E-state index in [1.807, 2.05) is 0 Å². The highest BCUT2D eigenvalue weighted by molar-refractivity contribution is 5.55. The van der Waals surface area contributed by atoms with E-state index < -0.39 is 4.92 Å². The summed E-state index contributed by atoms with van der Waals surface area (Å²) in [5.74, 6) is 2.33. The van der Waals surface area contributed by atoms with Gasteiger partial charge >= 0.3 is 0 Å². The van der Waals surface area contributed by atoms with Gasteiger partial charge in [-0.25, -0.2) is 0 Å². The van der Waals surface area contributed by atoms with Crippen LogP contribution in [0.4, 0.5) is 5.69 Å². The number of nitro groups is 1. The Morgan fingerprint density at radius 1 is 1.22 bits per heavy atom. The van der Waals surface area contributed by atoms with E-state index in [2.05, 4.69) is 28.9 Å². The molecule has 1 aliphatic rings. The molecule has 0 aliphatic carbocycles. The van der Waals surface area contributed by atoms with E-state index in [0.29, 0.717) is 35.7 Å². The SMILES string of the molecule is CC1CC(C)CN(Cc2nnc(-c3ccc([N+](=O)[O-])cc3)o2)C1. The van der Waals surface area contributed by atoms with Gasteiger partial charge in [-0.2, -0.15) is 0 Å². The summed E-state index contributed by atoms with van der Waals surface area (Å²) in [7, 11) is 0. The lowest BCUT2D eigenvalue weighted by Gasteiger charge is -2.33. The van der Waals surface area contributed by atoms with Crippen LogP contribution < -0.4 is 0 Å². The summed E-state index contributed by atoms with van der Waals surface area (Å²) in [6.45, 7) is 7.26. The molecule has 0 spiro atoms. The van der Waals surface area contributed by atoms with Gasteiger partial charge in [0, 0.05) is 30.8 Å². The first-order valence-electron chi connectivity index (χ1n) is 7.81. The molecule has 2 atom stereocenters. The lowest BCUT2D eigenvalue weighted by Crippen LogP contribution is -2.38. The predicted molar refractivity (Wildman–Crippen MR) is 84.6 cm³/mol. The van der Waals surface area contributed by atoms with Gasteiger partial charge in [-0.1, -0.05) is 13.8 Å². The number of nitro benzene ring substituents is 1. The van der Waals surface area contributed by atoms with Crippen molar-refractivity contribution < 1.29 is 9.34 Å². The van der Waals surface area contributed by atoms with Crippen molar-refractivity contribution in [2.45, 2.75) is 26.8 Å². The molecule has 1 aliphatic heterocycles. The number of hydrogen-bond acceptors (Lipinski definition) is 6. The Morgan fingerprint density at radius 3 is 2.48 bits per heavy atom. The van der Waals surface area contributed by atoms with E-state index in [1.54, 1.807) is 12.1 Å². The molecule has 1 aromatic heterocycles. The van der Waals surface area contributed by atoms with Gasteiger partial charge in [0.25, 0.3) is 5.69 Å². The average Bonchev–Trinajstić information content (AvgIpc) is 2.94. The van der Waals surface area contributed by atoms with Crippen LogP contribution in [-0.4, -0.2) is 33.1 Å². The Balaban J connectivity index is 1.69. The molecule has 1 aromatic carbocycles. The number of hydrogen-bond donors (Lipinski definition) is 0. The summed E-state index contributed by atoms with van der Waals surface area (Å²) < 4.78 is 5.71. The number of non-ortho nitro benzene ring substituents is 1. The van der Waals surface area contributed by atoms with Gasteiger partial charge in [0.1, 0.15) is 0 Å². The summed E-state index contributed by atoms with van der Waals surface area (Å²) >= 11 is 0. The quantitative estimate of drug-likeness (QED) is 0.636. The molecule has 0 amide bonds. The van der Waals surface area contributed by atoms with E-state index in [9.17, 15) is 10.1 Å². The van der Waals surface area contributed by atoms with E-state index >= 15 is 0 Å². The standard InChI is InChI=1S/C16H20N4O3/c1-11-7-12(2)9-19(8-11)10-15-17-18-16(23-15)13-3-5-14(6-4-13)20(21)22/h3-6,11-12H,7-10H2,1-2H3. The zero-order valence-corrected chi connectivity index (χ0v) is 13.3. The first-order chi connectivity index (χ1) is 11.0. The predicted octanol–water partition coefficient (Wildman–Crippen LogP) is 3.12. The Hall–Kier alpha value is -2.28. The number of nitrogens with zero attached hydrogens (tertiary/aromatic N) is 4. The van der Waals surface area contributed by atoms with Crippen LogP contribution in [0, 0.1) is 22.0 Å². The Kier molecular flexibility index (Phi) is 4.38. The first kappa shape index (κ1) is 15.6. The monoisotopic (exact) mass is 316 g/mol. The minimum absolute atomic E-state index is 0.0461. The zero-order valence-electron chi connectivity index (χ0n) is 13.3. The van der Waals surface area contributed by atoms with Crippen molar-refractivity contribution in [3.05, 3.63) is 40.3 Å². The molecule has 1 saturated heterocycles. The summed E-state index contributed by atoms with van der Waals surface area (Å²) in [6.07, 6.45) is 1.26. The molecular formula is C16H20N4O3. The molecule has 0 saturated carbocycles. The summed E-state index contributed by atoms with van der Waals surface area (Å²) in [6, 6.07) is 6.13. The van der Waals surface area contributed by atoms with Crippen molar-refractivity contribution >= 4 is 5.69 Å². The summed E-state index contributed by atoms with van der Waals surface area (Å²) in [5, 5.41) is 18.8. The third-order valence-electron chi connectivity index (χ3n) is 4.10. The zero-order chi connectivity index (χ0) is 16.4. The van der Waals surface area contributed by atoms with Gasteiger partial charge < -0.3 is 4.42 Å². The van der Waals surface area contributed by atoms with E-state index in [1.165, 1.54) is 18.6 Å². The fourth-order valence-electron chi connectivity index (χ4n) is 3.27. The first-order valence-corrected chi connectivity index (χ1v) is 7.81. The maximum atomic E-state index is 10.7. The second-order valence-electron chi connectivity index (χ2n) is 6.45. The van der Waals surface area contributed by atoms with Crippen molar-refractivity contribution in [1.29, 1.82) is 0 Å². The molecule has 0 radical (unpaired) electrons. The van der Waals surface area contributed by atoms with Gasteiger partial charge in [-0.3, -0.25) is 15.0 Å². The molecule has 2 unspecified atom stereocenters. The normalized spacial score (nSPS) is 22.2. The van der Waals surface area contributed by atoms with Crippen LogP contribution in [0.25, 0.3) is 11.5 Å². The highest BCUT2D eigenvalue weighted by atomic mass is 16.6. The lowest BCUT2D eigenvalue weighted by atomic mass is 9.92. The summed E-state index contributed by atoms with van der Waals surface area (Å²) in [5.41, 5.74) is 0.736. The number of benzene rings is 1. The molecule has 3 rings (SSSR count). The topological polar surface area (TPSA) is 85.3 Å². The third kappa shape index (κ3) is 3.73. The van der Waals surface area contributed by atoms with Gasteiger partial charge in [0.05, 0.1) is 11.5 Å². The number of piperidine rings is 1. The number of rotatable bonds is 4. The van der Waals surface area contributed by atoms with Crippen LogP contribution in [0.1, 0.15) is 26.2 Å². The van der Waals surface area contributed by atoms with E-state index in [-0.39, 0.29) is 5.69 Å². The van der Waals surface area contributed by atoms with Crippen molar-refractivity contribution in [3.8, 4) is 11.5 Å². The van der Waals surface area contributed by atoms with Gasteiger partial charge in [-0.05, 0) is 30.4 Å². The Bertz CT molecular complexity index is 673. The fourth-order valence-corrected chi connectivity index (χ4v) is 3.27. The smallest absolute Gasteiger partial charge is 0.269 e. The second kappa shape index (κ2) is 6.45. The van der Waals surface area contributed by atoms with Gasteiger partial charge in [0.15, 0.2) is 0 Å². The molecule has 2 heterocycles. The highest BCUT2D eigenvalue weighted by Gasteiger charge is 2.23. The van der Waals surface area contributed by atoms with E-state index in [4.69, 9.17) is 4.42 Å². The highest BCUT2D eigenvalue weighted by Crippen LogP contribution is 2.24. The summed E-state index contributed by atoms with van der Waals surface area (Å²) in [4.78, 5) is 12.6. The fraction of sp³-hybridized carbons (Fsp3) is 0.500. The van der Waals surface area contributed by atoms with Crippen LogP contribution in [0.5, 0.6) is 0 Å². The van der Waals surface area contributed by atoms with Crippen molar-refractivity contribution in [2.75, 3.05) is 13.1 Å². The molecule has 7 heteroatoms. The second-order valence-corrected chi connectivity index (χ2v) is 6.45. The Labute approximate surface area is 134 Å². The van der Waals surface area contributed by atoms with Crippen LogP contribution >= 0.6 is 0 Å². The van der Waals surface area contributed by atoms with Gasteiger partial charge in [-0.15, -0.1) is 10.2 Å². The molecule has 1 fully saturated rings. The Morgan fingerprint density at radius 2 is 1.87 bits per heavy atom. The largest absolute Gasteiger partial charge is 0.419 e. The molecule has 7 nitrogen and oxygen atoms in total. The molecule has 0 bridgehead atoms. The number of aromatic nitrogens is 2. The van der Waals surface area contributed by atoms with Crippen LogP contribution in [-0.2, 0) is 6.54 Å². The molecule has 0 N–H and O–H groups in total. The number of likely N-dealkylation sites (tertiary alicyclic amines) is 1.